The largest absolute Gasteiger partial charge is 0.309 e. The Labute approximate surface area is 254 Å². The van der Waals surface area contributed by atoms with Crippen molar-refractivity contribution in [3.05, 3.63) is 158 Å². The van der Waals surface area contributed by atoms with E-state index in [2.05, 4.69) is 143 Å². The van der Waals surface area contributed by atoms with Crippen LogP contribution in [0.15, 0.2) is 158 Å². The molecule has 44 heavy (non-hydrogen) atoms. The van der Waals surface area contributed by atoms with Gasteiger partial charge in [-0.2, -0.15) is 0 Å². The summed E-state index contributed by atoms with van der Waals surface area (Å²) in [5, 5.41) is 4.87. The van der Waals surface area contributed by atoms with Crippen LogP contribution in [0.1, 0.15) is 0 Å². The molecular formula is C40H26N4. The lowest BCUT2D eigenvalue weighted by atomic mass is 10.1. The molecule has 4 heteroatoms. The number of fused-ring (bicyclic) bond motifs is 6. The normalized spacial score (nSPS) is 11.6. The molecule has 0 atom stereocenters. The van der Waals surface area contributed by atoms with E-state index in [0.29, 0.717) is 5.82 Å². The van der Waals surface area contributed by atoms with Gasteiger partial charge in [-0.05, 0) is 36.4 Å². The number of rotatable bonds is 4. The number of benzene rings is 6. The second-order valence-corrected chi connectivity index (χ2v) is 11.1. The lowest BCUT2D eigenvalue weighted by Gasteiger charge is -2.12. The van der Waals surface area contributed by atoms with Crippen molar-refractivity contribution in [1.29, 1.82) is 0 Å². The molecule has 9 aromatic rings. The minimum Gasteiger partial charge on any atom is -0.309 e. The molecule has 0 saturated heterocycles. The highest BCUT2D eigenvalue weighted by molar-refractivity contribution is 6.19. The van der Waals surface area contributed by atoms with E-state index in [9.17, 15) is 0 Å². The minimum absolute atomic E-state index is 0.701. The van der Waals surface area contributed by atoms with E-state index in [-0.39, 0.29) is 0 Å². The Morgan fingerprint density at radius 2 is 0.886 bits per heavy atom. The zero-order valence-corrected chi connectivity index (χ0v) is 23.8. The van der Waals surface area contributed by atoms with Crippen molar-refractivity contribution in [2.24, 2.45) is 0 Å². The second kappa shape index (κ2) is 9.79. The van der Waals surface area contributed by atoms with Crippen LogP contribution in [0.3, 0.4) is 0 Å². The van der Waals surface area contributed by atoms with Gasteiger partial charge in [0.05, 0.1) is 27.8 Å². The smallest absolute Gasteiger partial charge is 0.162 e. The standard InChI is InChI=1S/C40H26N4/c1-4-14-27(15-5-1)34-25-39(42-40(41-34)28-16-6-2-7-17-28)44-36-23-13-11-21-31(36)33-24-32-30-20-10-12-22-35(30)43(37(32)26-38(33)44)29-18-8-3-9-19-29/h1-26H. The number of para-hydroxylation sites is 3. The monoisotopic (exact) mass is 562 g/mol. The topological polar surface area (TPSA) is 35.6 Å². The highest BCUT2D eigenvalue weighted by atomic mass is 15.1. The maximum absolute atomic E-state index is 5.22. The van der Waals surface area contributed by atoms with Crippen LogP contribution in [-0.2, 0) is 0 Å². The van der Waals surface area contributed by atoms with Crippen LogP contribution in [0.2, 0.25) is 0 Å². The molecule has 6 aromatic carbocycles. The molecule has 0 fully saturated rings. The quantitative estimate of drug-likeness (QED) is 0.214. The van der Waals surface area contributed by atoms with Gasteiger partial charge in [-0.25, -0.2) is 9.97 Å². The van der Waals surface area contributed by atoms with Gasteiger partial charge in [0.25, 0.3) is 0 Å². The molecule has 206 valence electrons. The molecule has 0 aliphatic carbocycles. The van der Waals surface area contributed by atoms with Gasteiger partial charge in [0.15, 0.2) is 5.82 Å². The van der Waals surface area contributed by atoms with E-state index >= 15 is 0 Å². The van der Waals surface area contributed by atoms with E-state index in [0.717, 1.165) is 44.9 Å². The van der Waals surface area contributed by atoms with Gasteiger partial charge in [-0.15, -0.1) is 0 Å². The van der Waals surface area contributed by atoms with E-state index in [1.165, 1.54) is 27.1 Å². The molecule has 0 aliphatic heterocycles. The molecule has 0 bridgehead atoms. The highest BCUT2D eigenvalue weighted by Gasteiger charge is 2.20. The Kier molecular flexibility index (Phi) is 5.47. The fourth-order valence-corrected chi connectivity index (χ4v) is 6.56. The predicted octanol–water partition coefficient (Wildman–Crippen LogP) is 10.0. The van der Waals surface area contributed by atoms with Crippen LogP contribution in [0.25, 0.3) is 77.8 Å². The second-order valence-electron chi connectivity index (χ2n) is 11.1. The first-order chi connectivity index (χ1) is 21.8. The fraction of sp³-hybridized carbons (Fsp3) is 0. The van der Waals surface area contributed by atoms with Crippen LogP contribution in [0.4, 0.5) is 0 Å². The van der Waals surface area contributed by atoms with Crippen LogP contribution < -0.4 is 0 Å². The van der Waals surface area contributed by atoms with E-state index in [4.69, 9.17) is 9.97 Å². The van der Waals surface area contributed by atoms with Crippen LogP contribution in [0, 0.1) is 0 Å². The molecule has 0 unspecified atom stereocenters. The third-order valence-electron chi connectivity index (χ3n) is 8.52. The van der Waals surface area contributed by atoms with Crippen LogP contribution in [-0.4, -0.2) is 19.1 Å². The molecule has 4 nitrogen and oxygen atoms in total. The van der Waals surface area contributed by atoms with Crippen molar-refractivity contribution in [2.45, 2.75) is 0 Å². The maximum atomic E-state index is 5.22. The Hall–Kier alpha value is -6.00. The molecule has 0 spiro atoms. The van der Waals surface area contributed by atoms with Crippen LogP contribution in [0.5, 0.6) is 0 Å². The van der Waals surface area contributed by atoms with E-state index in [1.807, 2.05) is 24.3 Å². The third kappa shape index (κ3) is 3.78. The highest BCUT2D eigenvalue weighted by Crippen LogP contribution is 2.39. The zero-order valence-electron chi connectivity index (χ0n) is 23.8. The first-order valence-corrected chi connectivity index (χ1v) is 14.9. The maximum Gasteiger partial charge on any atom is 0.162 e. The molecule has 3 aromatic heterocycles. The van der Waals surface area contributed by atoms with Crippen LogP contribution >= 0.6 is 0 Å². The summed E-state index contributed by atoms with van der Waals surface area (Å²) in [6, 6.07) is 55.3. The van der Waals surface area contributed by atoms with Crippen molar-refractivity contribution in [1.82, 2.24) is 19.1 Å². The Balaban J connectivity index is 1.41. The molecule has 0 saturated carbocycles. The summed E-state index contributed by atoms with van der Waals surface area (Å²) >= 11 is 0. The van der Waals surface area contributed by atoms with Gasteiger partial charge in [-0.3, -0.25) is 4.57 Å². The van der Waals surface area contributed by atoms with Crippen molar-refractivity contribution >= 4 is 43.6 Å². The summed E-state index contributed by atoms with van der Waals surface area (Å²) in [6.07, 6.45) is 0. The molecule has 0 radical (unpaired) electrons. The number of aromatic nitrogens is 4. The molecule has 9 rings (SSSR count). The predicted molar refractivity (Wildman–Crippen MR) is 182 cm³/mol. The first-order valence-electron chi connectivity index (χ1n) is 14.9. The third-order valence-corrected chi connectivity index (χ3v) is 8.52. The summed E-state index contributed by atoms with van der Waals surface area (Å²) in [6.45, 7) is 0. The molecule has 0 N–H and O–H groups in total. The van der Waals surface area contributed by atoms with Gasteiger partial charge >= 0.3 is 0 Å². The van der Waals surface area contributed by atoms with Crippen molar-refractivity contribution in [3.8, 4) is 34.2 Å². The van der Waals surface area contributed by atoms with Crippen molar-refractivity contribution in [2.75, 3.05) is 0 Å². The van der Waals surface area contributed by atoms with Gasteiger partial charge in [-0.1, -0.05) is 115 Å². The molecule has 0 aliphatic rings. The van der Waals surface area contributed by atoms with E-state index in [1.54, 1.807) is 0 Å². The Morgan fingerprint density at radius 1 is 0.364 bits per heavy atom. The number of hydrogen-bond acceptors (Lipinski definition) is 2. The minimum atomic E-state index is 0.701. The van der Waals surface area contributed by atoms with Crippen molar-refractivity contribution < 1.29 is 0 Å². The Bertz CT molecular complexity index is 2420. The van der Waals surface area contributed by atoms with Gasteiger partial charge in [0.2, 0.25) is 0 Å². The summed E-state index contributed by atoms with van der Waals surface area (Å²) in [5.74, 6) is 1.54. The van der Waals surface area contributed by atoms with E-state index < -0.39 is 0 Å². The van der Waals surface area contributed by atoms with Gasteiger partial charge < -0.3 is 4.57 Å². The zero-order chi connectivity index (χ0) is 29.0. The summed E-state index contributed by atoms with van der Waals surface area (Å²) in [7, 11) is 0. The lowest BCUT2D eigenvalue weighted by Crippen LogP contribution is -2.02. The van der Waals surface area contributed by atoms with Crippen molar-refractivity contribution in [3.63, 3.8) is 0 Å². The SMILES string of the molecule is c1ccc(-c2cc(-n3c4ccccc4c4cc5c6ccccc6n(-c6ccccc6)c5cc43)nc(-c3ccccc3)n2)cc1. The fourth-order valence-electron chi connectivity index (χ4n) is 6.56. The summed E-state index contributed by atoms with van der Waals surface area (Å²) < 4.78 is 4.68. The lowest BCUT2D eigenvalue weighted by molar-refractivity contribution is 1.05. The summed E-state index contributed by atoms with van der Waals surface area (Å²) in [5.41, 5.74) is 8.64. The molecule has 3 heterocycles. The average molecular weight is 563 g/mol. The molecule has 0 amide bonds. The summed E-state index contributed by atoms with van der Waals surface area (Å²) in [4.78, 5) is 10.3. The number of hydrogen-bond donors (Lipinski definition) is 0. The van der Waals surface area contributed by atoms with Gasteiger partial charge in [0, 0.05) is 44.4 Å². The average Bonchev–Trinajstić information content (AvgIpc) is 3.60. The molecular weight excluding hydrogens is 536 g/mol. The Morgan fingerprint density at radius 3 is 1.55 bits per heavy atom. The number of nitrogens with zero attached hydrogens (tertiary/aromatic N) is 4. The first kappa shape index (κ1) is 24.6. The van der Waals surface area contributed by atoms with Gasteiger partial charge in [0.1, 0.15) is 5.82 Å².